The predicted octanol–water partition coefficient (Wildman–Crippen LogP) is 3.27. The Morgan fingerprint density at radius 3 is 2.27 bits per heavy atom. The van der Waals surface area contributed by atoms with E-state index in [4.69, 9.17) is 4.74 Å². The Bertz CT molecular complexity index is 491. The first-order valence-electron chi connectivity index (χ1n) is 7.65. The first-order chi connectivity index (χ1) is 10.2. The SMILES string of the molecule is COC(=O)[C@H](CC(C)(C)C)NC(=O)C[C@@H](C)c1ccccc1. The number of rotatable bonds is 6. The molecule has 0 aliphatic rings. The van der Waals surface area contributed by atoms with Crippen molar-refractivity contribution in [2.75, 3.05) is 7.11 Å². The largest absolute Gasteiger partial charge is 0.467 e. The van der Waals surface area contributed by atoms with Crippen LogP contribution in [0.25, 0.3) is 0 Å². The third-order valence-corrected chi connectivity index (χ3v) is 3.50. The number of benzene rings is 1. The van der Waals surface area contributed by atoms with E-state index in [2.05, 4.69) is 5.32 Å². The van der Waals surface area contributed by atoms with Crippen LogP contribution in [0.15, 0.2) is 30.3 Å². The van der Waals surface area contributed by atoms with Crippen LogP contribution >= 0.6 is 0 Å². The van der Waals surface area contributed by atoms with Gasteiger partial charge in [-0.05, 0) is 23.3 Å². The fraction of sp³-hybridized carbons (Fsp3) is 0.556. The third-order valence-electron chi connectivity index (χ3n) is 3.50. The summed E-state index contributed by atoms with van der Waals surface area (Å²) in [6.45, 7) is 8.09. The molecule has 1 aromatic carbocycles. The Hall–Kier alpha value is -1.84. The molecule has 0 aliphatic carbocycles. The molecule has 0 bridgehead atoms. The fourth-order valence-electron chi connectivity index (χ4n) is 2.38. The molecule has 122 valence electrons. The van der Waals surface area contributed by atoms with Gasteiger partial charge >= 0.3 is 5.97 Å². The number of hydrogen-bond donors (Lipinski definition) is 1. The topological polar surface area (TPSA) is 55.4 Å². The molecule has 4 nitrogen and oxygen atoms in total. The number of esters is 1. The average molecular weight is 305 g/mol. The Balaban J connectivity index is 2.65. The minimum absolute atomic E-state index is 0.0722. The van der Waals surface area contributed by atoms with Crippen molar-refractivity contribution in [1.29, 1.82) is 0 Å². The van der Waals surface area contributed by atoms with Crippen LogP contribution < -0.4 is 5.32 Å². The molecule has 0 saturated carbocycles. The second-order valence-electron chi connectivity index (χ2n) is 6.92. The van der Waals surface area contributed by atoms with Crippen LogP contribution in [0.4, 0.5) is 0 Å². The maximum Gasteiger partial charge on any atom is 0.328 e. The highest BCUT2D eigenvalue weighted by molar-refractivity contribution is 5.84. The summed E-state index contributed by atoms with van der Waals surface area (Å²) in [7, 11) is 1.34. The number of carbonyl (C=O) groups is 2. The molecule has 1 amide bonds. The number of methoxy groups -OCH3 is 1. The highest BCUT2D eigenvalue weighted by atomic mass is 16.5. The van der Waals surface area contributed by atoms with Gasteiger partial charge in [0.25, 0.3) is 0 Å². The van der Waals surface area contributed by atoms with Gasteiger partial charge in [-0.2, -0.15) is 0 Å². The zero-order valence-electron chi connectivity index (χ0n) is 14.2. The summed E-state index contributed by atoms with van der Waals surface area (Å²) in [5, 5.41) is 2.81. The molecule has 1 rings (SSSR count). The number of nitrogens with one attached hydrogen (secondary N) is 1. The van der Waals surface area contributed by atoms with Crippen LogP contribution in [-0.2, 0) is 14.3 Å². The zero-order valence-corrected chi connectivity index (χ0v) is 14.2. The predicted molar refractivity (Wildman–Crippen MR) is 87.5 cm³/mol. The molecule has 2 atom stereocenters. The summed E-state index contributed by atoms with van der Waals surface area (Å²) in [4.78, 5) is 24.1. The summed E-state index contributed by atoms with van der Waals surface area (Å²) in [6.07, 6.45) is 0.896. The van der Waals surface area contributed by atoms with E-state index in [0.29, 0.717) is 12.8 Å². The van der Waals surface area contributed by atoms with Gasteiger partial charge in [0, 0.05) is 6.42 Å². The first kappa shape index (κ1) is 18.2. The summed E-state index contributed by atoms with van der Waals surface area (Å²) in [5.41, 5.74) is 1.04. The summed E-state index contributed by atoms with van der Waals surface area (Å²) in [5.74, 6) is -0.416. The fourth-order valence-corrected chi connectivity index (χ4v) is 2.38. The lowest BCUT2D eigenvalue weighted by atomic mass is 9.88. The molecule has 0 unspecified atom stereocenters. The van der Waals surface area contributed by atoms with Gasteiger partial charge in [0.15, 0.2) is 0 Å². The molecule has 1 N–H and O–H groups in total. The zero-order chi connectivity index (χ0) is 16.8. The van der Waals surface area contributed by atoms with Crippen molar-refractivity contribution in [3.63, 3.8) is 0 Å². The van der Waals surface area contributed by atoms with Crippen LogP contribution in [0.1, 0.15) is 52.0 Å². The second-order valence-corrected chi connectivity index (χ2v) is 6.92. The number of hydrogen-bond acceptors (Lipinski definition) is 3. The van der Waals surface area contributed by atoms with Crippen molar-refractivity contribution in [3.05, 3.63) is 35.9 Å². The maximum atomic E-state index is 12.2. The highest BCUT2D eigenvalue weighted by Gasteiger charge is 2.27. The van der Waals surface area contributed by atoms with E-state index < -0.39 is 12.0 Å². The van der Waals surface area contributed by atoms with Gasteiger partial charge < -0.3 is 10.1 Å². The summed E-state index contributed by atoms with van der Waals surface area (Å²) < 4.78 is 4.80. The minimum atomic E-state index is -0.597. The van der Waals surface area contributed by atoms with Gasteiger partial charge in [0.2, 0.25) is 5.91 Å². The molecule has 4 heteroatoms. The van der Waals surface area contributed by atoms with Crippen molar-refractivity contribution in [2.45, 2.75) is 52.5 Å². The Kier molecular flexibility index (Phi) is 6.60. The monoisotopic (exact) mass is 305 g/mol. The van der Waals surface area contributed by atoms with Gasteiger partial charge in [0.05, 0.1) is 7.11 Å². The van der Waals surface area contributed by atoms with Gasteiger partial charge in [-0.3, -0.25) is 4.79 Å². The quantitative estimate of drug-likeness (QED) is 0.821. The Morgan fingerprint density at radius 2 is 1.77 bits per heavy atom. The van der Waals surface area contributed by atoms with E-state index >= 15 is 0 Å². The normalized spacial score (nSPS) is 14.0. The smallest absolute Gasteiger partial charge is 0.328 e. The molecule has 22 heavy (non-hydrogen) atoms. The van der Waals surface area contributed by atoms with Crippen LogP contribution in [0.5, 0.6) is 0 Å². The summed E-state index contributed by atoms with van der Waals surface area (Å²) >= 11 is 0. The molecule has 0 spiro atoms. The van der Waals surface area contributed by atoms with Crippen LogP contribution in [0.2, 0.25) is 0 Å². The van der Waals surface area contributed by atoms with Crippen molar-refractivity contribution >= 4 is 11.9 Å². The average Bonchev–Trinajstić information content (AvgIpc) is 2.45. The van der Waals surface area contributed by atoms with E-state index in [0.717, 1.165) is 5.56 Å². The molecule has 0 saturated heterocycles. The van der Waals surface area contributed by atoms with E-state index in [9.17, 15) is 9.59 Å². The molecule has 0 fully saturated rings. The highest BCUT2D eigenvalue weighted by Crippen LogP contribution is 2.22. The first-order valence-corrected chi connectivity index (χ1v) is 7.65. The van der Waals surface area contributed by atoms with E-state index in [-0.39, 0.29) is 17.2 Å². The molecule has 0 aromatic heterocycles. The lowest BCUT2D eigenvalue weighted by molar-refractivity contribution is -0.146. The molecular formula is C18H27NO3. The lowest BCUT2D eigenvalue weighted by Crippen LogP contribution is -2.44. The molecule has 0 aliphatic heterocycles. The minimum Gasteiger partial charge on any atom is -0.467 e. The van der Waals surface area contributed by atoms with E-state index in [1.165, 1.54) is 7.11 Å². The second kappa shape index (κ2) is 7.97. The Labute approximate surface area is 133 Å². The van der Waals surface area contributed by atoms with Crippen LogP contribution in [-0.4, -0.2) is 25.0 Å². The van der Waals surface area contributed by atoms with Crippen molar-refractivity contribution in [2.24, 2.45) is 5.41 Å². The standard InChI is InChI=1S/C18H27NO3/c1-13(14-9-7-6-8-10-14)11-16(20)19-15(17(21)22-5)12-18(2,3)4/h6-10,13,15H,11-12H2,1-5H3,(H,19,20)/t13-,15+/m1/s1. The van der Waals surface area contributed by atoms with Crippen LogP contribution in [0.3, 0.4) is 0 Å². The molecular weight excluding hydrogens is 278 g/mol. The van der Waals surface area contributed by atoms with E-state index in [1.54, 1.807) is 0 Å². The molecule has 0 heterocycles. The third kappa shape index (κ3) is 6.29. The molecule has 0 radical (unpaired) electrons. The Morgan fingerprint density at radius 1 is 1.18 bits per heavy atom. The number of ether oxygens (including phenoxy) is 1. The lowest BCUT2D eigenvalue weighted by Gasteiger charge is -2.25. The number of amides is 1. The van der Waals surface area contributed by atoms with Gasteiger partial charge in [0.1, 0.15) is 6.04 Å². The van der Waals surface area contributed by atoms with Gasteiger partial charge in [-0.25, -0.2) is 4.79 Å². The van der Waals surface area contributed by atoms with Gasteiger partial charge in [-0.15, -0.1) is 0 Å². The molecule has 1 aromatic rings. The van der Waals surface area contributed by atoms with Crippen molar-refractivity contribution in [3.8, 4) is 0 Å². The van der Waals surface area contributed by atoms with Crippen molar-refractivity contribution < 1.29 is 14.3 Å². The van der Waals surface area contributed by atoms with Gasteiger partial charge in [-0.1, -0.05) is 58.0 Å². The van der Waals surface area contributed by atoms with Crippen molar-refractivity contribution in [1.82, 2.24) is 5.32 Å². The maximum absolute atomic E-state index is 12.2. The summed E-state index contributed by atoms with van der Waals surface area (Å²) in [6, 6.07) is 9.28. The van der Waals surface area contributed by atoms with E-state index in [1.807, 2.05) is 58.0 Å². The van der Waals surface area contributed by atoms with Crippen LogP contribution in [0, 0.1) is 5.41 Å². The number of carbonyl (C=O) groups excluding carboxylic acids is 2.